The predicted molar refractivity (Wildman–Crippen MR) is 98.5 cm³/mol. The van der Waals surface area contributed by atoms with Crippen LogP contribution in [0, 0.1) is 6.92 Å². The summed E-state index contributed by atoms with van der Waals surface area (Å²) in [6.45, 7) is 6.42. The number of hydrogen-bond acceptors (Lipinski definition) is 7. The Hall–Kier alpha value is -2.88. The molecule has 10 heteroatoms. The average molecular weight is 390 g/mol. The molecule has 0 bridgehead atoms. The number of cyclic esters (lactones) is 1. The molecule has 1 amide bonds. The number of halogens is 2. The second-order valence-electron chi connectivity index (χ2n) is 6.96. The number of alkyl halides is 2. The summed E-state index contributed by atoms with van der Waals surface area (Å²) in [6.07, 6.45) is -4.40. The number of amides is 1. The summed E-state index contributed by atoms with van der Waals surface area (Å²) in [5, 5.41) is 5.74. The molecule has 0 spiro atoms. The normalized spacial score (nSPS) is 21.9. The summed E-state index contributed by atoms with van der Waals surface area (Å²) in [5.41, 5.74) is 1.62. The van der Waals surface area contributed by atoms with Crippen molar-refractivity contribution >= 4 is 17.7 Å². The van der Waals surface area contributed by atoms with Crippen LogP contribution in [0.25, 0.3) is 11.4 Å². The first-order valence-corrected chi connectivity index (χ1v) is 9.00. The van der Waals surface area contributed by atoms with Gasteiger partial charge in [0.1, 0.15) is 23.7 Å². The molecule has 0 aromatic carbocycles. The van der Waals surface area contributed by atoms with Gasteiger partial charge < -0.3 is 15.0 Å². The van der Waals surface area contributed by atoms with Crippen molar-refractivity contribution in [2.45, 2.75) is 32.4 Å². The Bertz CT molecular complexity index is 910. The third kappa shape index (κ3) is 3.47. The fraction of sp³-hybridized carbons (Fsp3) is 0.444. The van der Waals surface area contributed by atoms with Gasteiger partial charge in [0.25, 0.3) is 6.43 Å². The van der Waals surface area contributed by atoms with Gasteiger partial charge in [-0.15, -0.1) is 0 Å². The Morgan fingerprint density at radius 1 is 1.32 bits per heavy atom. The number of ether oxygens (including phenoxy) is 1. The van der Waals surface area contributed by atoms with Crippen molar-refractivity contribution in [3.8, 4) is 11.4 Å². The number of carbonyl (C=O) groups is 1. The number of rotatable bonds is 3. The van der Waals surface area contributed by atoms with E-state index >= 15 is 0 Å². The summed E-state index contributed by atoms with van der Waals surface area (Å²) in [5.74, 6) is 0.775. The molecule has 0 saturated carbocycles. The molecule has 0 radical (unpaired) electrons. The van der Waals surface area contributed by atoms with Crippen LogP contribution < -0.4 is 15.5 Å². The highest BCUT2D eigenvalue weighted by atomic mass is 19.3. The van der Waals surface area contributed by atoms with Crippen molar-refractivity contribution < 1.29 is 18.3 Å². The molecule has 0 aliphatic carbocycles. The number of pyridine rings is 1. The van der Waals surface area contributed by atoms with E-state index in [1.165, 1.54) is 6.33 Å². The summed E-state index contributed by atoms with van der Waals surface area (Å²) >= 11 is 0. The average Bonchev–Trinajstić information content (AvgIpc) is 2.66. The number of nitrogens with one attached hydrogen (secondary N) is 2. The van der Waals surface area contributed by atoms with Crippen LogP contribution in [0.5, 0.6) is 0 Å². The van der Waals surface area contributed by atoms with Crippen LogP contribution in [-0.2, 0) is 4.74 Å². The standard InChI is InChI=1S/C18H20F2N6O2/c1-9-5-11(24-12(6-9)26-4-3-21-10(2)7-26)14-13-15(16(19)20)28-18(27)25-17(13)23-8-22-14/h5-6,8,10,15-16,21H,3-4,7H2,1-2H3,(H,22,23,25,27)/t10-,15+/m0/s1. The number of carbonyl (C=O) groups excluding carboxylic acids is 1. The first-order valence-electron chi connectivity index (χ1n) is 9.00. The molecule has 148 valence electrons. The molecule has 2 aromatic heterocycles. The maximum Gasteiger partial charge on any atom is 0.413 e. The van der Waals surface area contributed by atoms with Gasteiger partial charge in [-0.1, -0.05) is 0 Å². The highest BCUT2D eigenvalue weighted by molar-refractivity contribution is 5.88. The highest BCUT2D eigenvalue weighted by Crippen LogP contribution is 2.39. The number of piperazine rings is 1. The van der Waals surface area contributed by atoms with E-state index in [1.807, 2.05) is 13.0 Å². The zero-order chi connectivity index (χ0) is 19.8. The van der Waals surface area contributed by atoms with E-state index in [2.05, 4.69) is 37.4 Å². The zero-order valence-electron chi connectivity index (χ0n) is 15.4. The van der Waals surface area contributed by atoms with Crippen LogP contribution in [0.1, 0.15) is 24.2 Å². The smallest absolute Gasteiger partial charge is 0.413 e. The molecular weight excluding hydrogens is 370 g/mol. The molecule has 4 heterocycles. The first kappa shape index (κ1) is 18.5. The van der Waals surface area contributed by atoms with E-state index in [9.17, 15) is 13.6 Å². The topological polar surface area (TPSA) is 92.3 Å². The minimum absolute atomic E-state index is 0.0206. The van der Waals surface area contributed by atoms with E-state index in [0.29, 0.717) is 11.7 Å². The monoisotopic (exact) mass is 390 g/mol. The van der Waals surface area contributed by atoms with E-state index in [1.54, 1.807) is 6.07 Å². The predicted octanol–water partition coefficient (Wildman–Crippen LogP) is 2.51. The van der Waals surface area contributed by atoms with Crippen LogP contribution in [0.3, 0.4) is 0 Å². The van der Waals surface area contributed by atoms with Crippen LogP contribution in [0.2, 0.25) is 0 Å². The van der Waals surface area contributed by atoms with Gasteiger partial charge in [-0.05, 0) is 31.5 Å². The van der Waals surface area contributed by atoms with E-state index < -0.39 is 18.6 Å². The molecule has 1 saturated heterocycles. The molecule has 2 N–H and O–H groups in total. The minimum atomic E-state index is -2.91. The number of fused-ring (bicyclic) bond motifs is 1. The lowest BCUT2D eigenvalue weighted by molar-refractivity contribution is -0.0170. The Kier molecular flexibility index (Phi) is 4.80. The van der Waals surface area contributed by atoms with Crippen molar-refractivity contribution in [1.82, 2.24) is 20.3 Å². The fourth-order valence-electron chi connectivity index (χ4n) is 3.52. The molecular formula is C18H20F2N6O2. The Labute approximate surface area is 160 Å². The van der Waals surface area contributed by atoms with Crippen LogP contribution >= 0.6 is 0 Å². The minimum Gasteiger partial charge on any atom is -0.435 e. The van der Waals surface area contributed by atoms with Gasteiger partial charge in [0, 0.05) is 25.7 Å². The van der Waals surface area contributed by atoms with Crippen LogP contribution in [0.15, 0.2) is 18.5 Å². The number of aromatic nitrogens is 3. The summed E-state index contributed by atoms with van der Waals surface area (Å²) < 4.78 is 31.9. The lowest BCUT2D eigenvalue weighted by Crippen LogP contribution is -2.49. The van der Waals surface area contributed by atoms with Crippen molar-refractivity contribution in [3.63, 3.8) is 0 Å². The maximum atomic E-state index is 13.6. The lowest BCUT2D eigenvalue weighted by Gasteiger charge is -2.33. The fourth-order valence-corrected chi connectivity index (χ4v) is 3.52. The number of anilines is 2. The molecule has 2 aliphatic rings. The molecule has 2 atom stereocenters. The summed E-state index contributed by atoms with van der Waals surface area (Å²) in [7, 11) is 0. The van der Waals surface area contributed by atoms with Crippen molar-refractivity contribution in [3.05, 3.63) is 29.6 Å². The SMILES string of the molecule is Cc1cc(-c2ncnc3c2[C@H](C(F)F)OC(=O)N3)nc(N2CCN[C@@H](C)C2)c1. The third-order valence-corrected chi connectivity index (χ3v) is 4.74. The van der Waals surface area contributed by atoms with E-state index in [-0.39, 0.29) is 17.1 Å². The molecule has 2 aromatic rings. The molecule has 1 fully saturated rings. The Balaban J connectivity index is 1.80. The van der Waals surface area contributed by atoms with Crippen LogP contribution in [0.4, 0.5) is 25.2 Å². The molecule has 8 nitrogen and oxygen atoms in total. The zero-order valence-corrected chi connectivity index (χ0v) is 15.4. The molecule has 28 heavy (non-hydrogen) atoms. The summed E-state index contributed by atoms with van der Waals surface area (Å²) in [6, 6.07) is 4.05. The Morgan fingerprint density at radius 3 is 2.89 bits per heavy atom. The van der Waals surface area contributed by atoms with E-state index in [4.69, 9.17) is 4.74 Å². The van der Waals surface area contributed by atoms with Crippen molar-refractivity contribution in [2.75, 3.05) is 29.9 Å². The van der Waals surface area contributed by atoms with Crippen molar-refractivity contribution in [2.24, 2.45) is 0 Å². The second-order valence-corrected chi connectivity index (χ2v) is 6.96. The highest BCUT2D eigenvalue weighted by Gasteiger charge is 2.37. The number of nitrogens with zero attached hydrogens (tertiary/aromatic N) is 4. The lowest BCUT2D eigenvalue weighted by atomic mass is 10.0. The molecule has 0 unspecified atom stereocenters. The molecule has 4 rings (SSSR count). The molecule has 2 aliphatic heterocycles. The summed E-state index contributed by atoms with van der Waals surface area (Å²) in [4.78, 5) is 26.5. The van der Waals surface area contributed by atoms with E-state index in [0.717, 1.165) is 31.0 Å². The van der Waals surface area contributed by atoms with Gasteiger partial charge >= 0.3 is 6.09 Å². The van der Waals surface area contributed by atoms with Gasteiger partial charge in [-0.2, -0.15) is 0 Å². The van der Waals surface area contributed by atoms with Gasteiger partial charge in [0.2, 0.25) is 0 Å². The van der Waals surface area contributed by atoms with Gasteiger partial charge in [0.05, 0.1) is 11.3 Å². The number of hydrogen-bond donors (Lipinski definition) is 2. The van der Waals surface area contributed by atoms with Gasteiger partial charge in [0.15, 0.2) is 6.10 Å². The quantitative estimate of drug-likeness (QED) is 0.832. The Morgan fingerprint density at radius 2 is 2.14 bits per heavy atom. The first-order chi connectivity index (χ1) is 13.4. The largest absolute Gasteiger partial charge is 0.435 e. The second kappa shape index (κ2) is 7.27. The van der Waals surface area contributed by atoms with Gasteiger partial charge in [-0.25, -0.2) is 28.5 Å². The maximum absolute atomic E-state index is 13.6. The van der Waals surface area contributed by atoms with Crippen LogP contribution in [-0.4, -0.2) is 53.1 Å². The number of aryl methyl sites for hydroxylation is 1. The third-order valence-electron chi connectivity index (χ3n) is 4.74. The van der Waals surface area contributed by atoms with Crippen molar-refractivity contribution in [1.29, 1.82) is 0 Å². The van der Waals surface area contributed by atoms with Gasteiger partial charge in [-0.3, -0.25) is 5.32 Å².